The SMILES string of the molecule is CC(=O)c1c(C)ccc(-c2cnc3c(c2Cl)[C@]2(CC[C@H](CO)C2)CN3)c1F. The van der Waals surface area contributed by atoms with Crippen molar-refractivity contribution in [1.29, 1.82) is 0 Å². The maximum Gasteiger partial charge on any atom is 0.163 e. The van der Waals surface area contributed by atoms with Gasteiger partial charge in [-0.15, -0.1) is 0 Å². The average molecular weight is 389 g/mol. The smallest absolute Gasteiger partial charge is 0.163 e. The van der Waals surface area contributed by atoms with Crippen LogP contribution in [0, 0.1) is 18.7 Å². The van der Waals surface area contributed by atoms with Gasteiger partial charge in [0.2, 0.25) is 0 Å². The predicted molar refractivity (Wildman–Crippen MR) is 104 cm³/mol. The molecule has 2 heterocycles. The van der Waals surface area contributed by atoms with E-state index in [0.717, 1.165) is 37.2 Å². The summed E-state index contributed by atoms with van der Waals surface area (Å²) in [5.74, 6) is 0.127. The number of aryl methyl sites for hydroxylation is 1. The minimum absolute atomic E-state index is 0.0955. The normalized spacial score (nSPS) is 23.5. The van der Waals surface area contributed by atoms with Crippen LogP contribution < -0.4 is 5.32 Å². The molecule has 0 radical (unpaired) electrons. The number of ketones is 1. The maximum absolute atomic E-state index is 15.1. The molecule has 1 spiro atoms. The van der Waals surface area contributed by atoms with E-state index in [9.17, 15) is 9.90 Å². The van der Waals surface area contributed by atoms with Gasteiger partial charge in [0.15, 0.2) is 5.78 Å². The Hall–Kier alpha value is -1.98. The van der Waals surface area contributed by atoms with Crippen LogP contribution in [0.2, 0.25) is 5.02 Å². The molecule has 4 nitrogen and oxygen atoms in total. The van der Waals surface area contributed by atoms with Crippen molar-refractivity contribution in [3.05, 3.63) is 45.9 Å². The molecule has 1 fully saturated rings. The molecule has 0 bridgehead atoms. The number of carbonyl (C=O) groups is 1. The summed E-state index contributed by atoms with van der Waals surface area (Å²) in [6.07, 6.45) is 4.26. The summed E-state index contributed by atoms with van der Waals surface area (Å²) in [5.41, 5.74) is 2.25. The van der Waals surface area contributed by atoms with E-state index in [2.05, 4.69) is 10.3 Å². The van der Waals surface area contributed by atoms with E-state index in [4.69, 9.17) is 11.6 Å². The van der Waals surface area contributed by atoms with Crippen molar-refractivity contribution in [2.24, 2.45) is 5.92 Å². The van der Waals surface area contributed by atoms with Gasteiger partial charge in [-0.25, -0.2) is 9.37 Å². The van der Waals surface area contributed by atoms with Crippen molar-refractivity contribution in [3.63, 3.8) is 0 Å². The Morgan fingerprint density at radius 2 is 2.22 bits per heavy atom. The van der Waals surface area contributed by atoms with Crippen LogP contribution in [0.15, 0.2) is 18.3 Å². The molecular formula is C21H22ClFN2O2. The highest BCUT2D eigenvalue weighted by Crippen LogP contribution is 2.53. The second-order valence-corrected chi connectivity index (χ2v) is 8.19. The lowest BCUT2D eigenvalue weighted by molar-refractivity contribution is 0.101. The molecule has 4 rings (SSSR count). The first-order chi connectivity index (χ1) is 12.9. The molecular weight excluding hydrogens is 367 g/mol. The molecule has 1 aromatic carbocycles. The van der Waals surface area contributed by atoms with E-state index in [1.54, 1.807) is 25.3 Å². The van der Waals surface area contributed by atoms with Crippen LogP contribution in [0.3, 0.4) is 0 Å². The number of hydrogen-bond donors (Lipinski definition) is 2. The molecule has 1 aliphatic carbocycles. The lowest BCUT2D eigenvalue weighted by Gasteiger charge is -2.25. The topological polar surface area (TPSA) is 62.2 Å². The molecule has 0 saturated heterocycles. The minimum Gasteiger partial charge on any atom is -0.396 e. The third-order valence-electron chi connectivity index (χ3n) is 6.10. The quantitative estimate of drug-likeness (QED) is 0.759. The summed E-state index contributed by atoms with van der Waals surface area (Å²) in [7, 11) is 0. The summed E-state index contributed by atoms with van der Waals surface area (Å²) in [4.78, 5) is 16.4. The zero-order valence-corrected chi connectivity index (χ0v) is 16.2. The van der Waals surface area contributed by atoms with Crippen LogP contribution in [-0.2, 0) is 5.41 Å². The summed E-state index contributed by atoms with van der Waals surface area (Å²) in [6, 6.07) is 3.40. The monoisotopic (exact) mass is 388 g/mol. The first-order valence-electron chi connectivity index (χ1n) is 9.22. The molecule has 0 unspecified atom stereocenters. The zero-order valence-electron chi connectivity index (χ0n) is 15.4. The first-order valence-corrected chi connectivity index (χ1v) is 9.60. The Balaban J connectivity index is 1.87. The van der Waals surface area contributed by atoms with E-state index in [-0.39, 0.29) is 29.3 Å². The van der Waals surface area contributed by atoms with E-state index in [1.165, 1.54) is 6.92 Å². The van der Waals surface area contributed by atoms with Gasteiger partial charge < -0.3 is 10.4 Å². The number of benzene rings is 1. The molecule has 2 atom stereocenters. The summed E-state index contributed by atoms with van der Waals surface area (Å²) in [6.45, 7) is 3.98. The minimum atomic E-state index is -0.550. The van der Waals surface area contributed by atoms with Gasteiger partial charge in [0.25, 0.3) is 0 Å². The third-order valence-corrected chi connectivity index (χ3v) is 6.49. The molecule has 6 heteroatoms. The molecule has 142 valence electrons. The van der Waals surface area contributed by atoms with Crippen LogP contribution >= 0.6 is 11.6 Å². The van der Waals surface area contributed by atoms with E-state index < -0.39 is 5.82 Å². The van der Waals surface area contributed by atoms with Crippen molar-refractivity contribution < 1.29 is 14.3 Å². The van der Waals surface area contributed by atoms with Crippen molar-refractivity contribution in [2.75, 3.05) is 18.5 Å². The van der Waals surface area contributed by atoms with Crippen LogP contribution in [0.1, 0.15) is 47.7 Å². The zero-order chi connectivity index (χ0) is 19.3. The lowest BCUT2D eigenvalue weighted by Crippen LogP contribution is -2.25. The molecule has 0 amide bonds. The highest BCUT2D eigenvalue weighted by atomic mass is 35.5. The van der Waals surface area contributed by atoms with Crippen molar-refractivity contribution in [3.8, 4) is 11.1 Å². The first kappa shape index (κ1) is 18.4. The molecule has 1 saturated carbocycles. The number of carbonyl (C=O) groups excluding carboxylic acids is 1. The van der Waals surface area contributed by atoms with Crippen LogP contribution in [-0.4, -0.2) is 29.0 Å². The van der Waals surface area contributed by atoms with Gasteiger partial charge in [-0.2, -0.15) is 0 Å². The number of fused-ring (bicyclic) bond motifs is 2. The van der Waals surface area contributed by atoms with Gasteiger partial charge in [-0.05, 0) is 44.6 Å². The van der Waals surface area contributed by atoms with Gasteiger partial charge in [-0.3, -0.25) is 4.79 Å². The molecule has 1 aromatic heterocycles. The highest BCUT2D eigenvalue weighted by molar-refractivity contribution is 6.34. The number of aliphatic hydroxyl groups excluding tert-OH is 1. The molecule has 2 aromatic rings. The fourth-order valence-electron chi connectivity index (χ4n) is 4.73. The number of aliphatic hydroxyl groups is 1. The van der Waals surface area contributed by atoms with Gasteiger partial charge in [-0.1, -0.05) is 23.7 Å². The van der Waals surface area contributed by atoms with Crippen molar-refractivity contribution in [1.82, 2.24) is 4.98 Å². The molecule has 2 aliphatic rings. The Labute approximate surface area is 162 Å². The van der Waals surface area contributed by atoms with E-state index in [0.29, 0.717) is 21.7 Å². The number of Topliss-reactive ketones (excluding diaryl/α,β-unsaturated/α-hetero) is 1. The average Bonchev–Trinajstić information content (AvgIpc) is 3.21. The number of rotatable bonds is 3. The predicted octanol–water partition coefficient (Wildman–Crippen LogP) is 4.51. The van der Waals surface area contributed by atoms with Crippen LogP contribution in [0.5, 0.6) is 0 Å². The Kier molecular flexibility index (Phi) is 4.47. The Morgan fingerprint density at radius 3 is 2.89 bits per heavy atom. The number of nitrogens with one attached hydrogen (secondary N) is 1. The fraction of sp³-hybridized carbons (Fsp3) is 0.429. The number of nitrogens with zero attached hydrogens (tertiary/aromatic N) is 1. The molecule has 2 N–H and O–H groups in total. The third kappa shape index (κ3) is 2.75. The Morgan fingerprint density at radius 1 is 1.44 bits per heavy atom. The molecule has 1 aliphatic heterocycles. The maximum atomic E-state index is 15.1. The summed E-state index contributed by atoms with van der Waals surface area (Å²) < 4.78 is 15.1. The highest BCUT2D eigenvalue weighted by Gasteiger charge is 2.47. The number of aromatic nitrogens is 1. The van der Waals surface area contributed by atoms with Gasteiger partial charge in [0.1, 0.15) is 11.6 Å². The number of hydrogen-bond acceptors (Lipinski definition) is 4. The van der Waals surface area contributed by atoms with Crippen molar-refractivity contribution in [2.45, 2.75) is 38.5 Å². The van der Waals surface area contributed by atoms with Crippen LogP contribution in [0.25, 0.3) is 11.1 Å². The summed E-state index contributed by atoms with van der Waals surface area (Å²) in [5, 5.41) is 13.4. The van der Waals surface area contributed by atoms with Gasteiger partial charge in [0.05, 0.1) is 10.6 Å². The summed E-state index contributed by atoms with van der Waals surface area (Å²) >= 11 is 6.80. The van der Waals surface area contributed by atoms with Gasteiger partial charge in [0, 0.05) is 41.5 Å². The van der Waals surface area contributed by atoms with E-state index >= 15 is 4.39 Å². The Bertz CT molecular complexity index is 946. The van der Waals surface area contributed by atoms with Crippen LogP contribution in [0.4, 0.5) is 10.2 Å². The van der Waals surface area contributed by atoms with Crippen molar-refractivity contribution >= 4 is 23.2 Å². The standard InChI is InChI=1S/C21H22ClFN2O2/c1-11-3-4-14(19(23)16(11)12(2)27)15-8-24-20-17(18(15)22)21(10-25-20)6-5-13(7-21)9-26/h3-4,8,13,26H,5-7,9-10H2,1-2H3,(H,24,25)/t13-,21-/m0/s1. The number of anilines is 1. The second kappa shape index (κ2) is 6.57. The number of pyridine rings is 1. The lowest BCUT2D eigenvalue weighted by atomic mass is 9.80. The number of halogens is 2. The fourth-order valence-corrected chi connectivity index (χ4v) is 5.17. The van der Waals surface area contributed by atoms with Gasteiger partial charge >= 0.3 is 0 Å². The second-order valence-electron chi connectivity index (χ2n) is 7.81. The molecule has 27 heavy (non-hydrogen) atoms. The largest absolute Gasteiger partial charge is 0.396 e. The van der Waals surface area contributed by atoms with E-state index in [1.807, 2.05) is 0 Å².